The van der Waals surface area contributed by atoms with E-state index in [4.69, 9.17) is 0 Å². The summed E-state index contributed by atoms with van der Waals surface area (Å²) in [7, 11) is 0. The molecular formula is C16H23BrN2O. The Morgan fingerprint density at radius 3 is 2.50 bits per heavy atom. The van der Waals surface area contributed by atoms with Crippen molar-refractivity contribution in [2.75, 3.05) is 10.8 Å². The molecule has 0 bridgehead atoms. The zero-order valence-electron chi connectivity index (χ0n) is 12.4. The number of halogens is 1. The normalized spacial score (nSPS) is 28.1. The number of carbonyl (C=O) groups excluding carboxylic acids is 1. The minimum absolute atomic E-state index is 0.0149. The van der Waals surface area contributed by atoms with Gasteiger partial charge in [-0.05, 0) is 36.3 Å². The van der Waals surface area contributed by atoms with Gasteiger partial charge in [0.15, 0.2) is 0 Å². The lowest BCUT2D eigenvalue weighted by molar-refractivity contribution is -0.135. The van der Waals surface area contributed by atoms with Crippen molar-refractivity contribution in [3.05, 3.63) is 30.3 Å². The SMILES string of the molecule is CC1(C)[C@@H](CBr)CC[C@@]1(C)C(=O)NNc1ccccc1. The minimum Gasteiger partial charge on any atom is -0.299 e. The van der Waals surface area contributed by atoms with Crippen LogP contribution in [0, 0.1) is 16.7 Å². The van der Waals surface area contributed by atoms with Gasteiger partial charge in [0.2, 0.25) is 5.91 Å². The Balaban J connectivity index is 2.05. The minimum atomic E-state index is -0.340. The molecule has 0 radical (unpaired) electrons. The molecule has 4 heteroatoms. The first kappa shape index (κ1) is 15.4. The van der Waals surface area contributed by atoms with Gasteiger partial charge >= 0.3 is 0 Å². The maximum absolute atomic E-state index is 12.6. The van der Waals surface area contributed by atoms with Crippen molar-refractivity contribution in [3.63, 3.8) is 0 Å². The fraction of sp³-hybridized carbons (Fsp3) is 0.562. The van der Waals surface area contributed by atoms with Crippen molar-refractivity contribution in [3.8, 4) is 0 Å². The van der Waals surface area contributed by atoms with E-state index in [-0.39, 0.29) is 16.7 Å². The molecule has 1 aliphatic rings. The molecule has 0 unspecified atom stereocenters. The lowest BCUT2D eigenvalue weighted by Gasteiger charge is -2.40. The molecule has 110 valence electrons. The van der Waals surface area contributed by atoms with Crippen LogP contribution < -0.4 is 10.9 Å². The molecule has 0 spiro atoms. The number of para-hydroxylation sites is 1. The lowest BCUT2D eigenvalue weighted by atomic mass is 9.65. The van der Waals surface area contributed by atoms with Crippen LogP contribution in [0.25, 0.3) is 0 Å². The summed E-state index contributed by atoms with van der Waals surface area (Å²) in [5, 5.41) is 0.953. The molecule has 1 aromatic rings. The predicted molar refractivity (Wildman–Crippen MR) is 86.6 cm³/mol. The number of amides is 1. The number of rotatable bonds is 4. The van der Waals surface area contributed by atoms with Gasteiger partial charge in [0.25, 0.3) is 0 Å². The Labute approximate surface area is 129 Å². The van der Waals surface area contributed by atoms with Gasteiger partial charge in [0, 0.05) is 5.33 Å². The summed E-state index contributed by atoms with van der Waals surface area (Å²) in [6.07, 6.45) is 2.02. The summed E-state index contributed by atoms with van der Waals surface area (Å²) in [5.41, 5.74) is 6.43. The van der Waals surface area contributed by atoms with Gasteiger partial charge in [-0.1, -0.05) is 54.9 Å². The van der Waals surface area contributed by atoms with E-state index in [0.717, 1.165) is 23.9 Å². The van der Waals surface area contributed by atoms with Crippen molar-refractivity contribution >= 4 is 27.5 Å². The number of hydrogen-bond donors (Lipinski definition) is 2. The van der Waals surface area contributed by atoms with E-state index in [1.807, 2.05) is 30.3 Å². The van der Waals surface area contributed by atoms with E-state index >= 15 is 0 Å². The highest BCUT2D eigenvalue weighted by Gasteiger charge is 2.55. The number of nitrogens with one attached hydrogen (secondary N) is 2. The average Bonchev–Trinajstić information content (AvgIpc) is 2.68. The van der Waals surface area contributed by atoms with E-state index in [9.17, 15) is 4.79 Å². The number of benzene rings is 1. The first-order valence-electron chi connectivity index (χ1n) is 7.09. The molecule has 0 aliphatic heterocycles. The summed E-state index contributed by atoms with van der Waals surface area (Å²) in [6, 6.07) is 9.70. The van der Waals surface area contributed by atoms with Crippen LogP contribution in [0.3, 0.4) is 0 Å². The fourth-order valence-corrected chi connectivity index (χ4v) is 4.19. The molecule has 0 aromatic heterocycles. The predicted octanol–water partition coefficient (Wildman–Crippen LogP) is 3.97. The zero-order chi connectivity index (χ0) is 14.8. The second-order valence-electron chi connectivity index (χ2n) is 6.39. The van der Waals surface area contributed by atoms with Gasteiger partial charge in [0.1, 0.15) is 0 Å². The van der Waals surface area contributed by atoms with Crippen molar-refractivity contribution < 1.29 is 4.79 Å². The highest BCUT2D eigenvalue weighted by molar-refractivity contribution is 9.09. The molecule has 2 atom stereocenters. The monoisotopic (exact) mass is 338 g/mol. The first-order chi connectivity index (χ1) is 9.41. The number of carbonyl (C=O) groups is 1. The van der Waals surface area contributed by atoms with Gasteiger partial charge < -0.3 is 0 Å². The molecule has 20 heavy (non-hydrogen) atoms. The largest absolute Gasteiger partial charge is 0.299 e. The topological polar surface area (TPSA) is 41.1 Å². The molecule has 2 N–H and O–H groups in total. The van der Waals surface area contributed by atoms with Crippen LogP contribution in [-0.4, -0.2) is 11.2 Å². The Bertz CT molecular complexity index is 475. The van der Waals surface area contributed by atoms with Crippen LogP contribution in [0.5, 0.6) is 0 Å². The average molecular weight is 339 g/mol. The lowest BCUT2D eigenvalue weighted by Crippen LogP contribution is -2.48. The Kier molecular flexibility index (Phi) is 4.43. The van der Waals surface area contributed by atoms with Crippen LogP contribution in [-0.2, 0) is 4.79 Å². The van der Waals surface area contributed by atoms with E-state index in [1.54, 1.807) is 0 Å². The van der Waals surface area contributed by atoms with Crippen molar-refractivity contribution in [2.45, 2.75) is 33.6 Å². The third-order valence-corrected chi connectivity index (χ3v) is 6.00. The second kappa shape index (κ2) is 5.76. The first-order valence-corrected chi connectivity index (χ1v) is 8.21. The molecule has 1 fully saturated rings. The van der Waals surface area contributed by atoms with E-state index in [0.29, 0.717) is 5.92 Å². The van der Waals surface area contributed by atoms with Crippen LogP contribution in [0.15, 0.2) is 30.3 Å². The van der Waals surface area contributed by atoms with Gasteiger partial charge in [-0.2, -0.15) is 0 Å². The molecule has 1 amide bonds. The van der Waals surface area contributed by atoms with E-state index < -0.39 is 0 Å². The molecule has 0 saturated heterocycles. The van der Waals surface area contributed by atoms with Gasteiger partial charge in [-0.15, -0.1) is 0 Å². The number of hydrogen-bond acceptors (Lipinski definition) is 2. The Hall–Kier alpha value is -1.03. The van der Waals surface area contributed by atoms with Crippen LogP contribution >= 0.6 is 15.9 Å². The standard InChI is InChI=1S/C16H23BrN2O/c1-15(2)12(11-17)9-10-16(15,3)14(20)19-18-13-7-5-4-6-8-13/h4-8,12,18H,9-11H2,1-3H3,(H,19,20)/t12-,16+/m1/s1. The number of hydrazine groups is 1. The second-order valence-corrected chi connectivity index (χ2v) is 7.04. The summed E-state index contributed by atoms with van der Waals surface area (Å²) >= 11 is 3.58. The molecule has 2 rings (SSSR count). The van der Waals surface area contributed by atoms with Crippen LogP contribution in [0.1, 0.15) is 33.6 Å². The van der Waals surface area contributed by atoms with Gasteiger partial charge in [0.05, 0.1) is 11.1 Å². The Morgan fingerprint density at radius 2 is 1.95 bits per heavy atom. The van der Waals surface area contributed by atoms with Crippen molar-refractivity contribution in [1.82, 2.24) is 5.43 Å². The summed E-state index contributed by atoms with van der Waals surface area (Å²) < 4.78 is 0. The third-order valence-electron chi connectivity index (χ3n) is 5.22. The zero-order valence-corrected chi connectivity index (χ0v) is 14.0. The summed E-state index contributed by atoms with van der Waals surface area (Å²) in [4.78, 5) is 12.6. The maximum atomic E-state index is 12.6. The van der Waals surface area contributed by atoms with Crippen LogP contribution in [0.2, 0.25) is 0 Å². The highest BCUT2D eigenvalue weighted by Crippen LogP contribution is 2.56. The molecule has 0 heterocycles. The van der Waals surface area contributed by atoms with E-state index in [1.165, 1.54) is 0 Å². The molecule has 1 saturated carbocycles. The van der Waals surface area contributed by atoms with Crippen molar-refractivity contribution in [1.29, 1.82) is 0 Å². The number of alkyl halides is 1. The summed E-state index contributed by atoms with van der Waals surface area (Å²) in [6.45, 7) is 6.49. The maximum Gasteiger partial charge on any atom is 0.244 e. The number of anilines is 1. The fourth-order valence-electron chi connectivity index (χ4n) is 3.06. The molecular weight excluding hydrogens is 316 g/mol. The van der Waals surface area contributed by atoms with Gasteiger partial charge in [-0.25, -0.2) is 0 Å². The van der Waals surface area contributed by atoms with Crippen molar-refractivity contribution in [2.24, 2.45) is 16.7 Å². The van der Waals surface area contributed by atoms with E-state index in [2.05, 4.69) is 47.6 Å². The third kappa shape index (κ3) is 2.58. The molecule has 1 aromatic carbocycles. The van der Waals surface area contributed by atoms with Crippen LogP contribution in [0.4, 0.5) is 5.69 Å². The Morgan fingerprint density at radius 1 is 1.30 bits per heavy atom. The highest BCUT2D eigenvalue weighted by atomic mass is 79.9. The van der Waals surface area contributed by atoms with Gasteiger partial charge in [-0.3, -0.25) is 15.6 Å². The summed E-state index contributed by atoms with van der Waals surface area (Å²) in [5.74, 6) is 0.616. The molecule has 3 nitrogen and oxygen atoms in total. The smallest absolute Gasteiger partial charge is 0.244 e. The molecule has 1 aliphatic carbocycles. The quantitative estimate of drug-likeness (QED) is 0.644.